The maximum Gasteiger partial charge on any atom is 0.240 e. The Morgan fingerprint density at radius 1 is 1.37 bits per heavy atom. The lowest BCUT2D eigenvalue weighted by molar-refractivity contribution is 0.209. The zero-order valence-corrected chi connectivity index (χ0v) is 12.2. The third-order valence-electron chi connectivity index (χ3n) is 3.52. The van der Waals surface area contributed by atoms with Gasteiger partial charge in [-0.15, -0.1) is 0 Å². The van der Waals surface area contributed by atoms with Crippen molar-refractivity contribution in [2.75, 3.05) is 19.6 Å². The average Bonchev–Trinajstić information content (AvgIpc) is 3.02. The molecule has 0 aliphatic carbocycles. The molecule has 1 saturated heterocycles. The summed E-state index contributed by atoms with van der Waals surface area (Å²) in [5.74, 6) is 1.60. The van der Waals surface area contributed by atoms with E-state index in [-0.39, 0.29) is 0 Å². The van der Waals surface area contributed by atoms with Crippen molar-refractivity contribution in [2.45, 2.75) is 58.5 Å². The van der Waals surface area contributed by atoms with Crippen LogP contribution in [-0.4, -0.2) is 40.7 Å². The minimum atomic E-state index is 0.629. The molecule has 1 aromatic rings. The second kappa shape index (κ2) is 7.60. The van der Waals surface area contributed by atoms with E-state index >= 15 is 0 Å². The minimum Gasteiger partial charge on any atom is -0.338 e. The molecule has 1 fully saturated rings. The third kappa shape index (κ3) is 4.58. The first-order valence-corrected chi connectivity index (χ1v) is 7.59. The van der Waals surface area contributed by atoms with E-state index in [4.69, 9.17) is 4.52 Å². The Morgan fingerprint density at radius 2 is 2.26 bits per heavy atom. The smallest absolute Gasteiger partial charge is 0.240 e. The van der Waals surface area contributed by atoms with Crippen molar-refractivity contribution >= 4 is 0 Å². The van der Waals surface area contributed by atoms with E-state index in [9.17, 15) is 0 Å². The van der Waals surface area contributed by atoms with Crippen molar-refractivity contribution in [2.24, 2.45) is 0 Å². The molecule has 2 heterocycles. The number of nitrogens with one attached hydrogen (secondary N) is 1. The van der Waals surface area contributed by atoms with E-state index in [0.29, 0.717) is 6.04 Å². The van der Waals surface area contributed by atoms with Crippen molar-refractivity contribution < 1.29 is 4.52 Å². The first-order chi connectivity index (χ1) is 9.31. The minimum absolute atomic E-state index is 0.629. The number of hydrogen-bond acceptors (Lipinski definition) is 5. The summed E-state index contributed by atoms with van der Waals surface area (Å²) in [4.78, 5) is 6.88. The molecule has 0 bridgehead atoms. The van der Waals surface area contributed by atoms with Gasteiger partial charge >= 0.3 is 0 Å². The van der Waals surface area contributed by atoms with Gasteiger partial charge in [0, 0.05) is 19.0 Å². The molecule has 0 saturated carbocycles. The number of rotatable bonds is 8. The standard InChI is InChI=1S/C14H26N4O/c1-3-6-13-16-14(19-17-13)11-18(9-4-2)10-12-7-5-8-15-12/h12,15H,3-11H2,1-2H3. The van der Waals surface area contributed by atoms with Crippen LogP contribution in [0.4, 0.5) is 0 Å². The predicted molar refractivity (Wildman–Crippen MR) is 74.9 cm³/mol. The van der Waals surface area contributed by atoms with Gasteiger partial charge in [0.05, 0.1) is 6.54 Å². The highest BCUT2D eigenvalue weighted by Crippen LogP contribution is 2.10. The van der Waals surface area contributed by atoms with Crippen LogP contribution in [0.3, 0.4) is 0 Å². The molecule has 108 valence electrons. The predicted octanol–water partition coefficient (Wildman–Crippen LogP) is 1.99. The van der Waals surface area contributed by atoms with E-state index in [1.54, 1.807) is 0 Å². The van der Waals surface area contributed by atoms with Gasteiger partial charge < -0.3 is 9.84 Å². The van der Waals surface area contributed by atoms with Crippen LogP contribution in [0, 0.1) is 0 Å². The molecule has 5 heteroatoms. The van der Waals surface area contributed by atoms with Crippen LogP contribution in [0.5, 0.6) is 0 Å². The van der Waals surface area contributed by atoms with Crippen LogP contribution in [0.15, 0.2) is 4.52 Å². The van der Waals surface area contributed by atoms with E-state index in [2.05, 4.69) is 34.2 Å². The van der Waals surface area contributed by atoms with Gasteiger partial charge in [-0.2, -0.15) is 4.98 Å². The van der Waals surface area contributed by atoms with Crippen molar-refractivity contribution in [3.8, 4) is 0 Å². The molecule has 0 spiro atoms. The fraction of sp³-hybridized carbons (Fsp3) is 0.857. The maximum atomic E-state index is 5.34. The number of aromatic nitrogens is 2. The van der Waals surface area contributed by atoms with Crippen molar-refractivity contribution in [1.82, 2.24) is 20.4 Å². The van der Waals surface area contributed by atoms with Gasteiger partial charge in [0.2, 0.25) is 5.89 Å². The lowest BCUT2D eigenvalue weighted by Crippen LogP contribution is -2.37. The first-order valence-electron chi connectivity index (χ1n) is 7.59. The number of aryl methyl sites for hydroxylation is 1. The Bertz CT molecular complexity index is 360. The maximum absolute atomic E-state index is 5.34. The molecule has 1 aromatic heterocycles. The highest BCUT2D eigenvalue weighted by Gasteiger charge is 2.19. The molecular formula is C14H26N4O. The third-order valence-corrected chi connectivity index (χ3v) is 3.52. The Balaban J connectivity index is 1.86. The summed E-state index contributed by atoms with van der Waals surface area (Å²) >= 11 is 0. The molecule has 1 aliphatic rings. The molecule has 2 rings (SSSR count). The highest BCUT2D eigenvalue weighted by molar-refractivity contribution is 4.87. The summed E-state index contributed by atoms with van der Waals surface area (Å²) in [6.07, 6.45) is 5.70. The van der Waals surface area contributed by atoms with E-state index in [1.165, 1.54) is 12.8 Å². The molecule has 0 amide bonds. The normalized spacial score (nSPS) is 19.4. The Kier molecular flexibility index (Phi) is 5.79. The molecule has 0 aromatic carbocycles. The quantitative estimate of drug-likeness (QED) is 0.780. The molecule has 5 nitrogen and oxygen atoms in total. The molecular weight excluding hydrogens is 240 g/mol. The van der Waals surface area contributed by atoms with Gasteiger partial charge in [-0.1, -0.05) is 19.0 Å². The topological polar surface area (TPSA) is 54.2 Å². The van der Waals surface area contributed by atoms with Crippen LogP contribution in [-0.2, 0) is 13.0 Å². The molecule has 1 atom stereocenters. The van der Waals surface area contributed by atoms with Crippen LogP contribution >= 0.6 is 0 Å². The Hall–Kier alpha value is -0.940. The fourth-order valence-electron chi connectivity index (χ4n) is 2.65. The van der Waals surface area contributed by atoms with E-state index in [1.807, 2.05) is 0 Å². The van der Waals surface area contributed by atoms with Gasteiger partial charge in [0.25, 0.3) is 0 Å². The van der Waals surface area contributed by atoms with Gasteiger partial charge in [0.1, 0.15) is 0 Å². The van der Waals surface area contributed by atoms with Crippen molar-refractivity contribution in [3.63, 3.8) is 0 Å². The summed E-state index contributed by atoms with van der Waals surface area (Å²) in [5.41, 5.74) is 0. The zero-order valence-electron chi connectivity index (χ0n) is 12.2. The molecule has 1 aliphatic heterocycles. The number of hydrogen-bond donors (Lipinski definition) is 1. The number of nitrogens with zero attached hydrogens (tertiary/aromatic N) is 3. The van der Waals surface area contributed by atoms with Crippen LogP contribution < -0.4 is 5.32 Å². The molecule has 19 heavy (non-hydrogen) atoms. The van der Waals surface area contributed by atoms with Crippen molar-refractivity contribution in [3.05, 3.63) is 11.7 Å². The van der Waals surface area contributed by atoms with Crippen LogP contribution in [0.2, 0.25) is 0 Å². The fourth-order valence-corrected chi connectivity index (χ4v) is 2.65. The molecule has 1 unspecified atom stereocenters. The Labute approximate surface area is 115 Å². The summed E-state index contributed by atoms with van der Waals surface area (Å²) < 4.78 is 5.34. The summed E-state index contributed by atoms with van der Waals surface area (Å²) in [7, 11) is 0. The largest absolute Gasteiger partial charge is 0.338 e. The monoisotopic (exact) mass is 266 g/mol. The van der Waals surface area contributed by atoms with Crippen LogP contribution in [0.25, 0.3) is 0 Å². The van der Waals surface area contributed by atoms with Gasteiger partial charge in [-0.25, -0.2) is 0 Å². The molecule has 1 N–H and O–H groups in total. The SMILES string of the molecule is CCCc1noc(CN(CCC)CC2CCCN2)n1. The lowest BCUT2D eigenvalue weighted by Gasteiger charge is -2.23. The van der Waals surface area contributed by atoms with Crippen molar-refractivity contribution in [1.29, 1.82) is 0 Å². The lowest BCUT2D eigenvalue weighted by atomic mass is 10.2. The zero-order chi connectivity index (χ0) is 13.5. The van der Waals surface area contributed by atoms with Gasteiger partial charge in [0.15, 0.2) is 5.82 Å². The second-order valence-corrected chi connectivity index (χ2v) is 5.38. The summed E-state index contributed by atoms with van der Waals surface area (Å²) in [6, 6.07) is 0.629. The second-order valence-electron chi connectivity index (χ2n) is 5.38. The highest BCUT2D eigenvalue weighted by atomic mass is 16.5. The Morgan fingerprint density at radius 3 is 2.95 bits per heavy atom. The summed E-state index contributed by atoms with van der Waals surface area (Å²) in [6.45, 7) is 8.45. The summed E-state index contributed by atoms with van der Waals surface area (Å²) in [5, 5.41) is 7.57. The first kappa shape index (κ1) is 14.5. The van der Waals surface area contributed by atoms with Gasteiger partial charge in [-0.3, -0.25) is 4.90 Å². The van der Waals surface area contributed by atoms with Crippen LogP contribution in [0.1, 0.15) is 51.2 Å². The van der Waals surface area contributed by atoms with E-state index in [0.717, 1.165) is 57.2 Å². The van der Waals surface area contributed by atoms with E-state index < -0.39 is 0 Å². The van der Waals surface area contributed by atoms with Gasteiger partial charge in [-0.05, 0) is 38.8 Å². The average molecular weight is 266 g/mol. The molecule has 0 radical (unpaired) electrons.